The van der Waals surface area contributed by atoms with E-state index in [4.69, 9.17) is 14.6 Å². The number of rotatable bonds is 3. The molecule has 0 radical (unpaired) electrons. The summed E-state index contributed by atoms with van der Waals surface area (Å²) >= 11 is 0. The van der Waals surface area contributed by atoms with Gasteiger partial charge in [-0.25, -0.2) is 4.79 Å². The highest BCUT2D eigenvalue weighted by molar-refractivity contribution is 5.65. The van der Waals surface area contributed by atoms with Gasteiger partial charge in [-0.3, -0.25) is 0 Å². The molecule has 0 spiro atoms. The third kappa shape index (κ3) is 3.31. The van der Waals surface area contributed by atoms with Crippen LogP contribution < -0.4 is 9.47 Å². The first-order chi connectivity index (χ1) is 9.47. The molecular weight excluding hydrogens is 260 g/mol. The lowest BCUT2D eigenvalue weighted by molar-refractivity contribution is 0.137. The molecule has 1 atom stereocenters. The maximum absolute atomic E-state index is 11.0. The van der Waals surface area contributed by atoms with Gasteiger partial charge < -0.3 is 19.5 Å². The molecule has 0 fully saturated rings. The van der Waals surface area contributed by atoms with Crippen molar-refractivity contribution < 1.29 is 19.4 Å². The number of fused-ring (bicyclic) bond motifs is 1. The number of amides is 1. The van der Waals surface area contributed by atoms with Crippen molar-refractivity contribution in [2.24, 2.45) is 5.92 Å². The Morgan fingerprint density at radius 1 is 1.45 bits per heavy atom. The Balaban J connectivity index is 2.15. The highest BCUT2D eigenvalue weighted by Crippen LogP contribution is 2.25. The van der Waals surface area contributed by atoms with E-state index in [1.807, 2.05) is 13.0 Å². The summed E-state index contributed by atoms with van der Waals surface area (Å²) < 4.78 is 11.3. The Bertz CT molecular complexity index is 490. The fraction of sp³-hybridized carbons (Fsp3) is 0.571. The first-order valence-corrected chi connectivity index (χ1v) is 6.74. The van der Waals surface area contributed by atoms with Gasteiger partial charge in [0.1, 0.15) is 6.61 Å². The molecule has 0 saturated carbocycles. The van der Waals surface area contributed by atoms with Crippen LogP contribution in [0.5, 0.6) is 11.8 Å². The maximum atomic E-state index is 11.0. The summed E-state index contributed by atoms with van der Waals surface area (Å²) in [7, 11) is 0. The van der Waals surface area contributed by atoms with Gasteiger partial charge in [-0.2, -0.15) is 4.98 Å². The van der Waals surface area contributed by atoms with Crippen molar-refractivity contribution in [2.75, 3.05) is 13.2 Å². The van der Waals surface area contributed by atoms with Gasteiger partial charge in [0.15, 0.2) is 0 Å². The number of hydrogen-bond donors (Lipinski definition) is 1. The molecule has 6 heteroatoms. The van der Waals surface area contributed by atoms with E-state index in [9.17, 15) is 4.79 Å². The van der Waals surface area contributed by atoms with E-state index in [1.54, 1.807) is 6.07 Å². The number of nitrogens with zero attached hydrogens (tertiary/aromatic N) is 2. The monoisotopic (exact) mass is 280 g/mol. The van der Waals surface area contributed by atoms with Crippen LogP contribution in [0.3, 0.4) is 0 Å². The van der Waals surface area contributed by atoms with Crippen LogP contribution >= 0.6 is 0 Å². The minimum absolute atomic E-state index is 0.0573. The molecule has 0 unspecified atom stereocenters. The Labute approximate surface area is 118 Å². The second-order valence-electron chi connectivity index (χ2n) is 5.23. The Kier molecular flexibility index (Phi) is 4.32. The first kappa shape index (κ1) is 14.4. The van der Waals surface area contributed by atoms with Gasteiger partial charge in [0.25, 0.3) is 0 Å². The van der Waals surface area contributed by atoms with Gasteiger partial charge in [0.2, 0.25) is 11.8 Å². The lowest BCUT2D eigenvalue weighted by Crippen LogP contribution is -2.30. The molecule has 6 nitrogen and oxygen atoms in total. The van der Waals surface area contributed by atoms with Gasteiger partial charge in [-0.05, 0) is 18.9 Å². The molecular formula is C14H20N2O4. The van der Waals surface area contributed by atoms with E-state index >= 15 is 0 Å². The van der Waals surface area contributed by atoms with Crippen molar-refractivity contribution in [3.8, 4) is 11.8 Å². The summed E-state index contributed by atoms with van der Waals surface area (Å²) in [5.41, 5.74) is 0.759. The molecule has 0 bridgehead atoms. The van der Waals surface area contributed by atoms with E-state index < -0.39 is 6.09 Å². The molecule has 2 heterocycles. The maximum Gasteiger partial charge on any atom is 0.407 e. The zero-order chi connectivity index (χ0) is 14.7. The number of hydrogen-bond acceptors (Lipinski definition) is 4. The van der Waals surface area contributed by atoms with E-state index in [0.717, 1.165) is 5.56 Å². The molecule has 1 aliphatic heterocycles. The first-order valence-electron chi connectivity index (χ1n) is 6.74. The fourth-order valence-corrected chi connectivity index (χ4v) is 1.79. The number of carboxylic acid groups (broad SMARTS) is 1. The topological polar surface area (TPSA) is 71.9 Å². The highest BCUT2D eigenvalue weighted by atomic mass is 16.5. The van der Waals surface area contributed by atoms with Crippen LogP contribution in [0, 0.1) is 5.92 Å². The minimum atomic E-state index is -0.949. The van der Waals surface area contributed by atoms with Gasteiger partial charge in [-0.1, -0.05) is 13.8 Å². The minimum Gasteiger partial charge on any atom is -0.475 e. The van der Waals surface area contributed by atoms with Crippen LogP contribution in [0.15, 0.2) is 12.1 Å². The fourth-order valence-electron chi connectivity index (χ4n) is 1.79. The third-order valence-electron chi connectivity index (χ3n) is 3.39. The summed E-state index contributed by atoms with van der Waals surface area (Å²) in [5.74, 6) is 1.36. The summed E-state index contributed by atoms with van der Waals surface area (Å²) in [6.07, 6.45) is -0.892. The molecule has 1 aromatic heterocycles. The summed E-state index contributed by atoms with van der Waals surface area (Å²) in [5, 5.41) is 9.05. The zero-order valence-electron chi connectivity index (χ0n) is 12.0. The molecule has 0 saturated heterocycles. The molecule has 0 aliphatic carbocycles. The van der Waals surface area contributed by atoms with E-state index in [2.05, 4.69) is 18.8 Å². The molecule has 0 aromatic carbocycles. The van der Waals surface area contributed by atoms with Crippen LogP contribution in [0.2, 0.25) is 0 Å². The van der Waals surface area contributed by atoms with Crippen molar-refractivity contribution in [1.82, 2.24) is 9.88 Å². The van der Waals surface area contributed by atoms with E-state index in [1.165, 1.54) is 4.90 Å². The SMILES string of the molecule is CC(C)[C@@H](C)Oc1ccc2c(n1)OCCN(C(=O)O)C2. The number of pyridine rings is 1. The van der Waals surface area contributed by atoms with Crippen LogP contribution in [0.25, 0.3) is 0 Å². The van der Waals surface area contributed by atoms with Crippen LogP contribution in [-0.2, 0) is 6.54 Å². The van der Waals surface area contributed by atoms with Crippen molar-refractivity contribution in [3.05, 3.63) is 17.7 Å². The van der Waals surface area contributed by atoms with Gasteiger partial charge >= 0.3 is 6.09 Å². The third-order valence-corrected chi connectivity index (χ3v) is 3.39. The molecule has 110 valence electrons. The summed E-state index contributed by atoms with van der Waals surface area (Å²) in [6.45, 7) is 7.08. The highest BCUT2D eigenvalue weighted by Gasteiger charge is 2.21. The van der Waals surface area contributed by atoms with Crippen LogP contribution in [0.1, 0.15) is 26.3 Å². The Morgan fingerprint density at radius 2 is 2.20 bits per heavy atom. The standard InChI is InChI=1S/C14H20N2O4/c1-9(2)10(3)20-12-5-4-11-8-16(14(17)18)6-7-19-13(11)15-12/h4-5,9-10H,6-8H2,1-3H3,(H,17,18)/t10-/m1/s1. The van der Waals surface area contributed by atoms with E-state index in [0.29, 0.717) is 30.8 Å². The quantitative estimate of drug-likeness (QED) is 0.920. The second-order valence-corrected chi connectivity index (χ2v) is 5.23. The lowest BCUT2D eigenvalue weighted by Gasteiger charge is -2.18. The Hall–Kier alpha value is -1.98. The average molecular weight is 280 g/mol. The largest absolute Gasteiger partial charge is 0.475 e. The van der Waals surface area contributed by atoms with Crippen LogP contribution in [-0.4, -0.2) is 40.3 Å². The molecule has 1 N–H and O–H groups in total. The zero-order valence-corrected chi connectivity index (χ0v) is 12.0. The van der Waals surface area contributed by atoms with Crippen molar-refractivity contribution in [3.63, 3.8) is 0 Å². The van der Waals surface area contributed by atoms with Gasteiger partial charge in [0, 0.05) is 11.6 Å². The molecule has 2 rings (SSSR count). The number of carbonyl (C=O) groups is 1. The normalized spacial score (nSPS) is 16.1. The van der Waals surface area contributed by atoms with Crippen molar-refractivity contribution >= 4 is 6.09 Å². The predicted molar refractivity (Wildman–Crippen MR) is 73.1 cm³/mol. The molecule has 1 aromatic rings. The van der Waals surface area contributed by atoms with Crippen molar-refractivity contribution in [1.29, 1.82) is 0 Å². The summed E-state index contributed by atoms with van der Waals surface area (Å²) in [4.78, 5) is 16.7. The Morgan fingerprint density at radius 3 is 2.85 bits per heavy atom. The van der Waals surface area contributed by atoms with Gasteiger partial charge in [-0.15, -0.1) is 0 Å². The van der Waals surface area contributed by atoms with Crippen molar-refractivity contribution in [2.45, 2.75) is 33.4 Å². The predicted octanol–water partition coefficient (Wildman–Crippen LogP) is 2.38. The van der Waals surface area contributed by atoms with Crippen LogP contribution in [0.4, 0.5) is 4.79 Å². The molecule has 1 amide bonds. The number of ether oxygens (including phenoxy) is 2. The lowest BCUT2D eigenvalue weighted by atomic mass is 10.1. The number of aromatic nitrogens is 1. The van der Waals surface area contributed by atoms with E-state index in [-0.39, 0.29) is 12.6 Å². The smallest absolute Gasteiger partial charge is 0.407 e. The van der Waals surface area contributed by atoms with Gasteiger partial charge in [0.05, 0.1) is 19.2 Å². The summed E-state index contributed by atoms with van der Waals surface area (Å²) in [6, 6.07) is 3.57. The molecule has 20 heavy (non-hydrogen) atoms. The second kappa shape index (κ2) is 5.98. The average Bonchev–Trinajstić information content (AvgIpc) is 2.60. The molecule has 1 aliphatic rings.